The van der Waals surface area contributed by atoms with E-state index in [9.17, 15) is 14.9 Å². The van der Waals surface area contributed by atoms with Crippen molar-refractivity contribution in [3.63, 3.8) is 0 Å². The van der Waals surface area contributed by atoms with Crippen LogP contribution in [0.4, 0.5) is 17.1 Å². The zero-order valence-corrected chi connectivity index (χ0v) is 10.3. The van der Waals surface area contributed by atoms with Gasteiger partial charge in [-0.2, -0.15) is 0 Å². The molecule has 0 fully saturated rings. The maximum Gasteiger partial charge on any atom is 0.273 e. The zero-order chi connectivity index (χ0) is 13.5. The van der Waals surface area contributed by atoms with Crippen molar-refractivity contribution in [2.24, 2.45) is 0 Å². The standard InChI is InChI=1S/C11H16N4O3/c1-12-8-5-9(7-10(6-8)15(17)18)14-4-3-11(16)13-2/h5-7,12,14H,3-4H2,1-2H3,(H,13,16). The number of nitrogens with zero attached hydrogens (tertiary/aromatic N) is 1. The molecule has 0 aromatic heterocycles. The number of anilines is 2. The Morgan fingerprint density at radius 2 is 1.94 bits per heavy atom. The monoisotopic (exact) mass is 252 g/mol. The lowest BCUT2D eigenvalue weighted by Gasteiger charge is -2.08. The third kappa shape index (κ3) is 3.93. The molecule has 0 unspecified atom stereocenters. The van der Waals surface area contributed by atoms with Gasteiger partial charge in [0, 0.05) is 50.6 Å². The van der Waals surface area contributed by atoms with E-state index in [4.69, 9.17) is 0 Å². The molecule has 0 saturated heterocycles. The minimum absolute atomic E-state index is 0.00398. The third-order valence-electron chi connectivity index (χ3n) is 2.38. The van der Waals surface area contributed by atoms with Gasteiger partial charge < -0.3 is 16.0 Å². The van der Waals surface area contributed by atoms with Crippen molar-refractivity contribution in [3.05, 3.63) is 28.3 Å². The highest BCUT2D eigenvalue weighted by Crippen LogP contribution is 2.23. The topological polar surface area (TPSA) is 96.3 Å². The molecule has 18 heavy (non-hydrogen) atoms. The predicted octanol–water partition coefficient (Wildman–Crippen LogP) is 1.18. The highest BCUT2D eigenvalue weighted by Gasteiger charge is 2.09. The van der Waals surface area contributed by atoms with Gasteiger partial charge in [-0.15, -0.1) is 0 Å². The van der Waals surface area contributed by atoms with E-state index in [2.05, 4.69) is 16.0 Å². The van der Waals surface area contributed by atoms with Gasteiger partial charge in [0.2, 0.25) is 5.91 Å². The Morgan fingerprint density at radius 3 is 2.50 bits per heavy atom. The lowest BCUT2D eigenvalue weighted by Crippen LogP contribution is -2.20. The van der Waals surface area contributed by atoms with Crippen molar-refractivity contribution < 1.29 is 9.72 Å². The van der Waals surface area contributed by atoms with Crippen molar-refractivity contribution in [1.29, 1.82) is 0 Å². The summed E-state index contributed by atoms with van der Waals surface area (Å²) in [5.41, 5.74) is 1.26. The molecule has 0 aliphatic carbocycles. The number of nitro benzene ring substituents is 1. The van der Waals surface area contributed by atoms with Gasteiger partial charge in [-0.25, -0.2) is 0 Å². The number of amides is 1. The number of carbonyl (C=O) groups is 1. The van der Waals surface area contributed by atoms with Crippen molar-refractivity contribution in [2.45, 2.75) is 6.42 Å². The van der Waals surface area contributed by atoms with Gasteiger partial charge in [-0.3, -0.25) is 14.9 Å². The Bertz CT molecular complexity index is 448. The van der Waals surface area contributed by atoms with Crippen LogP contribution in [-0.2, 0) is 4.79 Å². The van der Waals surface area contributed by atoms with E-state index in [-0.39, 0.29) is 11.6 Å². The first-order chi connectivity index (χ1) is 8.56. The summed E-state index contributed by atoms with van der Waals surface area (Å²) in [6, 6.07) is 4.63. The van der Waals surface area contributed by atoms with Gasteiger partial charge >= 0.3 is 0 Å². The Kier molecular flexibility index (Phi) is 4.91. The number of non-ortho nitro benzene ring substituents is 1. The Labute approximate surface area is 105 Å². The number of rotatable bonds is 6. The lowest BCUT2D eigenvalue weighted by atomic mass is 10.2. The fourth-order valence-electron chi connectivity index (χ4n) is 1.41. The number of hydrogen-bond donors (Lipinski definition) is 3. The number of benzene rings is 1. The van der Waals surface area contributed by atoms with Crippen LogP contribution in [-0.4, -0.2) is 31.5 Å². The number of nitrogens with one attached hydrogen (secondary N) is 3. The highest BCUT2D eigenvalue weighted by atomic mass is 16.6. The molecule has 7 heteroatoms. The second kappa shape index (κ2) is 6.43. The van der Waals surface area contributed by atoms with Crippen LogP contribution in [0, 0.1) is 10.1 Å². The van der Waals surface area contributed by atoms with Crippen molar-refractivity contribution in [1.82, 2.24) is 5.32 Å². The molecule has 0 bridgehead atoms. The fraction of sp³-hybridized carbons (Fsp3) is 0.364. The summed E-state index contributed by atoms with van der Waals surface area (Å²) in [5, 5.41) is 19.1. The molecule has 0 heterocycles. The molecule has 98 valence electrons. The minimum Gasteiger partial charge on any atom is -0.388 e. The largest absolute Gasteiger partial charge is 0.388 e. The molecule has 0 radical (unpaired) electrons. The number of hydrogen-bond acceptors (Lipinski definition) is 5. The summed E-state index contributed by atoms with van der Waals surface area (Å²) in [6.45, 7) is 0.421. The van der Waals surface area contributed by atoms with Crippen LogP contribution in [0.1, 0.15) is 6.42 Å². The SMILES string of the molecule is CNC(=O)CCNc1cc(NC)cc([N+](=O)[O-])c1. The molecule has 1 aromatic carbocycles. The molecule has 1 aromatic rings. The highest BCUT2D eigenvalue weighted by molar-refractivity contribution is 5.76. The minimum atomic E-state index is -0.454. The maximum atomic E-state index is 11.0. The van der Waals surface area contributed by atoms with Gasteiger partial charge in [0.05, 0.1) is 4.92 Å². The summed E-state index contributed by atoms with van der Waals surface area (Å²) < 4.78 is 0. The van der Waals surface area contributed by atoms with Gasteiger partial charge in [0.15, 0.2) is 0 Å². The third-order valence-corrected chi connectivity index (χ3v) is 2.38. The summed E-state index contributed by atoms with van der Waals surface area (Å²) in [7, 11) is 3.25. The van der Waals surface area contributed by atoms with E-state index >= 15 is 0 Å². The summed E-state index contributed by atoms with van der Waals surface area (Å²) in [4.78, 5) is 21.3. The van der Waals surface area contributed by atoms with Crippen molar-refractivity contribution >= 4 is 23.0 Å². The van der Waals surface area contributed by atoms with Crippen LogP contribution >= 0.6 is 0 Å². The van der Waals surface area contributed by atoms with Gasteiger partial charge in [-0.05, 0) is 6.07 Å². The van der Waals surface area contributed by atoms with Crippen LogP contribution < -0.4 is 16.0 Å². The molecule has 0 atom stereocenters. The van der Waals surface area contributed by atoms with E-state index in [1.54, 1.807) is 20.2 Å². The molecule has 0 aliphatic heterocycles. The average molecular weight is 252 g/mol. The van der Waals surface area contributed by atoms with Crippen LogP contribution in [0.2, 0.25) is 0 Å². The van der Waals surface area contributed by atoms with Gasteiger partial charge in [-0.1, -0.05) is 0 Å². The summed E-state index contributed by atoms with van der Waals surface area (Å²) >= 11 is 0. The predicted molar refractivity (Wildman–Crippen MR) is 69.8 cm³/mol. The molecular formula is C11H16N4O3. The Morgan fingerprint density at radius 1 is 1.28 bits per heavy atom. The Hall–Kier alpha value is -2.31. The molecule has 0 saturated carbocycles. The van der Waals surface area contributed by atoms with E-state index in [0.717, 1.165) is 0 Å². The van der Waals surface area contributed by atoms with Crippen LogP contribution in [0.5, 0.6) is 0 Å². The van der Waals surface area contributed by atoms with Crippen LogP contribution in [0.15, 0.2) is 18.2 Å². The maximum absolute atomic E-state index is 11.0. The molecule has 1 rings (SSSR count). The lowest BCUT2D eigenvalue weighted by molar-refractivity contribution is -0.384. The smallest absolute Gasteiger partial charge is 0.273 e. The summed E-state index contributed by atoms with van der Waals surface area (Å²) in [5.74, 6) is -0.0817. The normalized spacial score (nSPS) is 9.67. The molecule has 1 amide bonds. The van der Waals surface area contributed by atoms with Gasteiger partial charge in [0.25, 0.3) is 5.69 Å². The quantitative estimate of drug-likeness (QED) is 0.522. The molecule has 7 nitrogen and oxygen atoms in total. The number of nitro groups is 1. The van der Waals surface area contributed by atoms with E-state index < -0.39 is 4.92 Å². The summed E-state index contributed by atoms with van der Waals surface area (Å²) in [6.07, 6.45) is 0.314. The van der Waals surface area contributed by atoms with E-state index in [1.165, 1.54) is 12.1 Å². The second-order valence-corrected chi connectivity index (χ2v) is 3.63. The first-order valence-corrected chi connectivity index (χ1v) is 5.48. The first-order valence-electron chi connectivity index (χ1n) is 5.48. The van der Waals surface area contributed by atoms with E-state index in [1.807, 2.05) is 0 Å². The van der Waals surface area contributed by atoms with Crippen molar-refractivity contribution in [2.75, 3.05) is 31.3 Å². The second-order valence-electron chi connectivity index (χ2n) is 3.63. The Balaban J connectivity index is 2.72. The van der Waals surface area contributed by atoms with E-state index in [0.29, 0.717) is 24.3 Å². The zero-order valence-electron chi connectivity index (χ0n) is 10.3. The molecule has 0 spiro atoms. The fourth-order valence-corrected chi connectivity index (χ4v) is 1.41. The average Bonchev–Trinajstić information content (AvgIpc) is 2.37. The number of carbonyl (C=O) groups excluding carboxylic acids is 1. The van der Waals surface area contributed by atoms with Gasteiger partial charge in [0.1, 0.15) is 0 Å². The molecule has 0 aliphatic rings. The van der Waals surface area contributed by atoms with Crippen LogP contribution in [0.3, 0.4) is 0 Å². The molecular weight excluding hydrogens is 236 g/mol. The molecule has 3 N–H and O–H groups in total. The van der Waals surface area contributed by atoms with Crippen molar-refractivity contribution in [3.8, 4) is 0 Å². The first kappa shape index (κ1) is 13.8. The van der Waals surface area contributed by atoms with Crippen LogP contribution in [0.25, 0.3) is 0 Å².